The van der Waals surface area contributed by atoms with Crippen LogP contribution in [0, 0.1) is 17.0 Å². The highest BCUT2D eigenvalue weighted by atomic mass is 32.2. The van der Waals surface area contributed by atoms with Gasteiger partial charge in [0.1, 0.15) is 5.75 Å². The molecule has 0 aliphatic rings. The summed E-state index contributed by atoms with van der Waals surface area (Å²) in [6, 6.07) is 11.0. The van der Waals surface area contributed by atoms with Crippen molar-refractivity contribution < 1.29 is 22.9 Å². The molecule has 0 saturated carbocycles. The van der Waals surface area contributed by atoms with Crippen molar-refractivity contribution in [3.8, 4) is 5.75 Å². The highest BCUT2D eigenvalue weighted by Gasteiger charge is 2.20. The average molecular weight is 464 g/mol. The number of nitro groups is 1. The van der Waals surface area contributed by atoms with Crippen LogP contribution >= 0.6 is 0 Å². The van der Waals surface area contributed by atoms with E-state index in [9.17, 15) is 23.3 Å². The summed E-state index contributed by atoms with van der Waals surface area (Å²) >= 11 is 0. The normalized spacial score (nSPS) is 12.1. The maximum atomic E-state index is 12.5. The molecule has 0 aliphatic heterocycles. The molecule has 10 heteroatoms. The zero-order chi connectivity index (χ0) is 23.9. The van der Waals surface area contributed by atoms with Crippen molar-refractivity contribution in [1.82, 2.24) is 5.32 Å². The molecule has 0 radical (unpaired) electrons. The van der Waals surface area contributed by atoms with E-state index in [1.807, 2.05) is 32.0 Å². The van der Waals surface area contributed by atoms with Crippen LogP contribution in [-0.4, -0.2) is 39.2 Å². The molecule has 0 saturated heterocycles. The van der Waals surface area contributed by atoms with E-state index < -0.39 is 14.9 Å². The summed E-state index contributed by atoms with van der Waals surface area (Å²) < 4.78 is 30.8. The molecule has 2 rings (SSSR count). The first-order chi connectivity index (χ1) is 15.1. The molecule has 0 fully saturated rings. The number of ether oxygens (including phenoxy) is 1. The highest BCUT2D eigenvalue weighted by molar-refractivity contribution is 7.92. The lowest BCUT2D eigenvalue weighted by Gasteiger charge is -2.23. The zero-order valence-electron chi connectivity index (χ0n) is 18.7. The Labute approximate surface area is 188 Å². The molecule has 0 spiro atoms. The van der Waals surface area contributed by atoms with Gasteiger partial charge in [-0.05, 0) is 43.0 Å². The molecule has 174 valence electrons. The van der Waals surface area contributed by atoms with Crippen molar-refractivity contribution in [3.63, 3.8) is 0 Å². The lowest BCUT2D eigenvalue weighted by Crippen LogP contribution is -2.33. The lowest BCUT2D eigenvalue weighted by atomic mass is 10.0. The summed E-state index contributed by atoms with van der Waals surface area (Å²) in [5.41, 5.74) is 1.93. The summed E-state index contributed by atoms with van der Waals surface area (Å²) in [7, 11) is -2.07. The number of anilines is 1. The first-order valence-electron chi connectivity index (χ1n) is 10.2. The molecule has 1 N–H and O–H groups in total. The molecular formula is C22H29N3O6S. The SMILES string of the molecule is CC[C@H](NC(=O)CCCN(c1cccc([N+](=O)[O-])c1)S(C)(=O)=O)c1ccc(OC)c(C)c1. The van der Waals surface area contributed by atoms with Crippen LogP contribution in [0.4, 0.5) is 11.4 Å². The third-order valence-electron chi connectivity index (χ3n) is 5.06. The van der Waals surface area contributed by atoms with Gasteiger partial charge in [0.25, 0.3) is 5.69 Å². The summed E-state index contributed by atoms with van der Waals surface area (Å²) in [5, 5.41) is 14.0. The fraction of sp³-hybridized carbons (Fsp3) is 0.409. The van der Waals surface area contributed by atoms with Gasteiger partial charge < -0.3 is 10.1 Å². The third kappa shape index (κ3) is 6.68. The van der Waals surface area contributed by atoms with Crippen molar-refractivity contribution in [1.29, 1.82) is 0 Å². The molecule has 32 heavy (non-hydrogen) atoms. The van der Waals surface area contributed by atoms with Crippen LogP contribution in [0.5, 0.6) is 5.75 Å². The van der Waals surface area contributed by atoms with E-state index in [2.05, 4.69) is 5.32 Å². The minimum Gasteiger partial charge on any atom is -0.496 e. The topological polar surface area (TPSA) is 119 Å². The maximum absolute atomic E-state index is 12.5. The van der Waals surface area contributed by atoms with E-state index in [-0.39, 0.29) is 42.7 Å². The number of carbonyl (C=O) groups excluding carboxylic acids is 1. The molecule has 0 unspecified atom stereocenters. The van der Waals surface area contributed by atoms with Gasteiger partial charge in [-0.2, -0.15) is 0 Å². The number of aryl methyl sites for hydroxylation is 1. The lowest BCUT2D eigenvalue weighted by molar-refractivity contribution is -0.384. The Morgan fingerprint density at radius 3 is 2.53 bits per heavy atom. The Morgan fingerprint density at radius 2 is 1.97 bits per heavy atom. The number of carbonyl (C=O) groups is 1. The van der Waals surface area contributed by atoms with Crippen molar-refractivity contribution in [2.24, 2.45) is 0 Å². The van der Waals surface area contributed by atoms with Crippen molar-refractivity contribution in [2.75, 3.05) is 24.2 Å². The van der Waals surface area contributed by atoms with Gasteiger partial charge in [-0.25, -0.2) is 8.42 Å². The maximum Gasteiger partial charge on any atom is 0.271 e. The van der Waals surface area contributed by atoms with Gasteiger partial charge in [0, 0.05) is 25.1 Å². The van der Waals surface area contributed by atoms with Gasteiger partial charge in [0.15, 0.2) is 0 Å². The van der Waals surface area contributed by atoms with E-state index in [0.717, 1.165) is 27.4 Å². The minimum atomic E-state index is -3.67. The number of sulfonamides is 1. The van der Waals surface area contributed by atoms with Crippen LogP contribution < -0.4 is 14.4 Å². The fourth-order valence-corrected chi connectivity index (χ4v) is 4.39. The molecule has 0 aromatic heterocycles. The highest BCUT2D eigenvalue weighted by Crippen LogP contribution is 2.25. The number of nitrogens with zero attached hydrogens (tertiary/aromatic N) is 2. The number of benzene rings is 2. The summed E-state index contributed by atoms with van der Waals surface area (Å²) in [6.45, 7) is 3.94. The Balaban J connectivity index is 2.03. The predicted molar refractivity (Wildman–Crippen MR) is 123 cm³/mol. The minimum absolute atomic E-state index is 0.0336. The van der Waals surface area contributed by atoms with Crippen LogP contribution in [0.2, 0.25) is 0 Å². The van der Waals surface area contributed by atoms with Gasteiger partial charge in [-0.1, -0.05) is 25.1 Å². The van der Waals surface area contributed by atoms with Crippen LogP contribution in [-0.2, 0) is 14.8 Å². The van der Waals surface area contributed by atoms with E-state index in [1.54, 1.807) is 7.11 Å². The standard InChI is InChI=1S/C22H29N3O6S/c1-5-20(17-11-12-21(31-3)16(2)14-17)23-22(26)10-7-13-24(32(4,29)30)18-8-6-9-19(15-18)25(27)28/h6,8-9,11-12,14-15,20H,5,7,10,13H2,1-4H3,(H,23,26)/t20-/m0/s1. The summed E-state index contributed by atoms with van der Waals surface area (Å²) in [4.78, 5) is 22.9. The molecule has 0 bridgehead atoms. The number of nitro benzene ring substituents is 1. The molecule has 1 amide bonds. The van der Waals surface area contributed by atoms with E-state index in [4.69, 9.17) is 4.74 Å². The van der Waals surface area contributed by atoms with E-state index in [0.29, 0.717) is 6.42 Å². The van der Waals surface area contributed by atoms with Crippen molar-refractivity contribution >= 4 is 27.3 Å². The number of hydrogen-bond acceptors (Lipinski definition) is 6. The summed E-state index contributed by atoms with van der Waals surface area (Å²) in [6.07, 6.45) is 2.11. The Hall–Kier alpha value is -3.14. The average Bonchev–Trinajstić information content (AvgIpc) is 2.74. The molecule has 2 aromatic rings. The van der Waals surface area contributed by atoms with Gasteiger partial charge >= 0.3 is 0 Å². The monoisotopic (exact) mass is 463 g/mol. The smallest absolute Gasteiger partial charge is 0.271 e. The molecule has 9 nitrogen and oxygen atoms in total. The zero-order valence-corrected chi connectivity index (χ0v) is 19.5. The Kier molecular flexibility index (Phi) is 8.59. The number of methoxy groups -OCH3 is 1. The second-order valence-electron chi connectivity index (χ2n) is 7.47. The van der Waals surface area contributed by atoms with Crippen LogP contribution in [0.15, 0.2) is 42.5 Å². The second-order valence-corrected chi connectivity index (χ2v) is 9.38. The number of non-ortho nitro benzene ring substituents is 1. The van der Waals surface area contributed by atoms with Crippen LogP contribution in [0.3, 0.4) is 0 Å². The first-order valence-corrected chi connectivity index (χ1v) is 12.1. The van der Waals surface area contributed by atoms with Gasteiger partial charge in [-0.3, -0.25) is 19.2 Å². The van der Waals surface area contributed by atoms with Crippen LogP contribution in [0.1, 0.15) is 43.4 Å². The molecule has 2 aromatic carbocycles. The predicted octanol–water partition coefficient (Wildman–Crippen LogP) is 3.73. The number of amides is 1. The number of nitrogens with one attached hydrogen (secondary N) is 1. The number of rotatable bonds is 11. The second kappa shape index (κ2) is 10.9. The number of hydrogen-bond donors (Lipinski definition) is 1. The van der Waals surface area contributed by atoms with E-state index >= 15 is 0 Å². The van der Waals surface area contributed by atoms with Gasteiger partial charge in [0.05, 0.1) is 30.0 Å². The van der Waals surface area contributed by atoms with Gasteiger partial charge in [-0.15, -0.1) is 0 Å². The quantitative estimate of drug-likeness (QED) is 0.401. The first kappa shape index (κ1) is 25.1. The molecular weight excluding hydrogens is 434 g/mol. The Morgan fingerprint density at radius 1 is 1.25 bits per heavy atom. The van der Waals surface area contributed by atoms with Crippen molar-refractivity contribution in [2.45, 2.75) is 39.2 Å². The van der Waals surface area contributed by atoms with Crippen molar-refractivity contribution in [3.05, 3.63) is 63.7 Å². The molecule has 1 atom stereocenters. The van der Waals surface area contributed by atoms with E-state index in [1.165, 1.54) is 24.3 Å². The fourth-order valence-electron chi connectivity index (χ4n) is 3.44. The summed E-state index contributed by atoms with van der Waals surface area (Å²) in [5.74, 6) is 0.578. The Bertz CT molecular complexity index is 1070. The molecule has 0 aliphatic carbocycles. The molecule has 0 heterocycles. The third-order valence-corrected chi connectivity index (χ3v) is 6.25. The van der Waals surface area contributed by atoms with Crippen LogP contribution in [0.25, 0.3) is 0 Å². The van der Waals surface area contributed by atoms with Gasteiger partial charge in [0.2, 0.25) is 15.9 Å². The largest absolute Gasteiger partial charge is 0.496 e.